The lowest BCUT2D eigenvalue weighted by molar-refractivity contribution is 0.969. The molecule has 0 aromatic heterocycles. The van der Waals surface area contributed by atoms with E-state index in [4.69, 9.17) is 5.26 Å². The lowest BCUT2D eigenvalue weighted by Gasteiger charge is -1.99. The third-order valence-electron chi connectivity index (χ3n) is 2.43. The molecule has 0 saturated heterocycles. The number of benzene rings is 1. The Labute approximate surface area is 96.9 Å². The summed E-state index contributed by atoms with van der Waals surface area (Å²) < 4.78 is 0. The molecule has 0 heterocycles. The van der Waals surface area contributed by atoms with Crippen molar-refractivity contribution >= 4 is 5.71 Å². The zero-order valence-corrected chi connectivity index (χ0v) is 9.77. The highest BCUT2D eigenvalue weighted by molar-refractivity contribution is 6.10. The smallest absolute Gasteiger partial charge is 0.137 e. The van der Waals surface area contributed by atoms with Gasteiger partial charge in [0.2, 0.25) is 0 Å². The van der Waals surface area contributed by atoms with Crippen LogP contribution in [0.4, 0.5) is 0 Å². The lowest BCUT2D eigenvalue weighted by atomic mass is 10.1. The van der Waals surface area contributed by atoms with Gasteiger partial charge in [-0.25, -0.2) is 0 Å². The highest BCUT2D eigenvalue weighted by Crippen LogP contribution is 2.01. The summed E-state index contributed by atoms with van der Waals surface area (Å²) in [6, 6.07) is 12.3. The summed E-state index contributed by atoms with van der Waals surface area (Å²) in [5.74, 6) is 0. The van der Waals surface area contributed by atoms with E-state index in [2.05, 4.69) is 23.2 Å². The highest BCUT2D eigenvalue weighted by Gasteiger charge is 1.98. The van der Waals surface area contributed by atoms with E-state index in [1.165, 1.54) is 5.56 Å². The van der Waals surface area contributed by atoms with Crippen molar-refractivity contribution in [3.63, 3.8) is 0 Å². The van der Waals surface area contributed by atoms with Crippen LogP contribution in [0.1, 0.15) is 19.4 Å². The van der Waals surface area contributed by atoms with Crippen LogP contribution < -0.4 is 0 Å². The van der Waals surface area contributed by atoms with Gasteiger partial charge < -0.3 is 0 Å². The fourth-order valence-corrected chi connectivity index (χ4v) is 1.33. The largest absolute Gasteiger partial charge is 0.274 e. The van der Waals surface area contributed by atoms with Crippen LogP contribution in [0, 0.1) is 11.3 Å². The molecule has 0 radical (unpaired) electrons. The maximum absolute atomic E-state index is 8.90. The molecule has 0 atom stereocenters. The Balaban J connectivity index is 2.57. The van der Waals surface area contributed by atoms with Crippen LogP contribution in [0.25, 0.3) is 0 Å². The molecule has 0 fully saturated rings. The van der Waals surface area contributed by atoms with Gasteiger partial charge >= 0.3 is 0 Å². The maximum atomic E-state index is 8.90. The Morgan fingerprint density at radius 3 is 2.62 bits per heavy atom. The Morgan fingerprint density at radius 1 is 1.38 bits per heavy atom. The van der Waals surface area contributed by atoms with Crippen LogP contribution in [0.2, 0.25) is 0 Å². The monoisotopic (exact) mass is 212 g/mol. The minimum absolute atomic E-state index is 0.540. The zero-order valence-electron chi connectivity index (χ0n) is 9.77. The van der Waals surface area contributed by atoms with Crippen LogP contribution in [0.15, 0.2) is 47.0 Å². The van der Waals surface area contributed by atoms with Crippen molar-refractivity contribution in [3.05, 3.63) is 47.5 Å². The molecule has 1 rings (SSSR count). The molecule has 82 valence electrons. The number of hydrogen-bond donors (Lipinski definition) is 0. The van der Waals surface area contributed by atoms with Crippen molar-refractivity contribution in [2.24, 2.45) is 4.99 Å². The number of allylic oxidation sites excluding steroid dienone is 2. The van der Waals surface area contributed by atoms with Crippen molar-refractivity contribution in [3.8, 4) is 6.07 Å². The van der Waals surface area contributed by atoms with Crippen LogP contribution in [0.3, 0.4) is 0 Å². The first-order valence-corrected chi connectivity index (χ1v) is 5.39. The highest BCUT2D eigenvalue weighted by atomic mass is 14.7. The molecule has 0 bridgehead atoms. The van der Waals surface area contributed by atoms with Gasteiger partial charge in [0.15, 0.2) is 0 Å². The summed E-state index contributed by atoms with van der Waals surface area (Å²) in [7, 11) is 0. The van der Waals surface area contributed by atoms with Gasteiger partial charge in [-0.2, -0.15) is 5.26 Å². The molecule has 0 amide bonds. The minimum Gasteiger partial charge on any atom is -0.274 e. The normalized spacial score (nSPS) is 12.3. The van der Waals surface area contributed by atoms with Crippen molar-refractivity contribution in [2.75, 3.05) is 6.54 Å². The van der Waals surface area contributed by atoms with Gasteiger partial charge in [0.1, 0.15) is 11.8 Å². The van der Waals surface area contributed by atoms with E-state index in [9.17, 15) is 0 Å². The third-order valence-corrected chi connectivity index (χ3v) is 2.43. The number of nitrogens with zero attached hydrogens (tertiary/aromatic N) is 2. The molecular weight excluding hydrogens is 196 g/mol. The van der Waals surface area contributed by atoms with E-state index < -0.39 is 0 Å². The number of nitriles is 1. The Bertz CT molecular complexity index is 422. The summed E-state index contributed by atoms with van der Waals surface area (Å²) in [5.41, 5.74) is 2.73. The summed E-state index contributed by atoms with van der Waals surface area (Å²) >= 11 is 0. The molecule has 0 spiro atoms. The van der Waals surface area contributed by atoms with E-state index in [1.807, 2.05) is 38.1 Å². The molecule has 0 aliphatic heterocycles. The first kappa shape index (κ1) is 12.2. The lowest BCUT2D eigenvalue weighted by Crippen LogP contribution is -1.99. The van der Waals surface area contributed by atoms with Gasteiger partial charge in [-0.05, 0) is 31.4 Å². The Morgan fingerprint density at radius 2 is 2.06 bits per heavy atom. The van der Waals surface area contributed by atoms with Crippen molar-refractivity contribution in [2.45, 2.75) is 20.3 Å². The molecule has 1 aromatic rings. The first-order chi connectivity index (χ1) is 7.77. The zero-order chi connectivity index (χ0) is 11.8. The first-order valence-electron chi connectivity index (χ1n) is 5.39. The van der Waals surface area contributed by atoms with Gasteiger partial charge in [0.05, 0.1) is 0 Å². The van der Waals surface area contributed by atoms with Gasteiger partial charge in [-0.15, -0.1) is 0 Å². The Hall–Kier alpha value is -1.88. The van der Waals surface area contributed by atoms with Gasteiger partial charge in [0.25, 0.3) is 0 Å². The average molecular weight is 212 g/mol. The van der Waals surface area contributed by atoms with Crippen molar-refractivity contribution < 1.29 is 0 Å². The standard InChI is InChI=1S/C14H16N2/c1-3-12(2)14(11-15)16-10-9-13-7-5-4-6-8-13/h3-8H,9-10H2,1-2H3/b12-3+,16-14?. The number of rotatable bonds is 4. The summed E-state index contributed by atoms with van der Waals surface area (Å²) in [6.45, 7) is 4.49. The van der Waals surface area contributed by atoms with Crippen LogP contribution in [0.5, 0.6) is 0 Å². The molecule has 0 unspecified atom stereocenters. The second-order valence-electron chi connectivity index (χ2n) is 3.55. The third kappa shape index (κ3) is 3.70. The van der Waals surface area contributed by atoms with E-state index in [-0.39, 0.29) is 0 Å². The minimum atomic E-state index is 0.540. The second-order valence-corrected chi connectivity index (χ2v) is 3.55. The number of aliphatic imine (C=N–C) groups is 1. The fourth-order valence-electron chi connectivity index (χ4n) is 1.33. The maximum Gasteiger partial charge on any atom is 0.137 e. The second kappa shape index (κ2) is 6.58. The van der Waals surface area contributed by atoms with E-state index in [1.54, 1.807) is 0 Å². The van der Waals surface area contributed by atoms with Gasteiger partial charge in [-0.1, -0.05) is 36.4 Å². The predicted octanol–water partition coefficient (Wildman–Crippen LogP) is 3.16. The molecule has 0 N–H and O–H groups in total. The molecular formula is C14H16N2. The molecule has 0 aliphatic carbocycles. The predicted molar refractivity (Wildman–Crippen MR) is 67.5 cm³/mol. The molecule has 2 nitrogen and oxygen atoms in total. The van der Waals surface area contributed by atoms with Crippen LogP contribution >= 0.6 is 0 Å². The van der Waals surface area contributed by atoms with E-state index >= 15 is 0 Å². The summed E-state index contributed by atoms with van der Waals surface area (Å²) in [4.78, 5) is 4.30. The topological polar surface area (TPSA) is 36.1 Å². The van der Waals surface area contributed by atoms with Crippen molar-refractivity contribution in [1.82, 2.24) is 0 Å². The molecule has 0 aliphatic rings. The average Bonchev–Trinajstić information content (AvgIpc) is 2.35. The van der Waals surface area contributed by atoms with Crippen LogP contribution in [-0.2, 0) is 6.42 Å². The quantitative estimate of drug-likeness (QED) is 0.706. The van der Waals surface area contributed by atoms with E-state index in [0.717, 1.165) is 12.0 Å². The van der Waals surface area contributed by atoms with Gasteiger partial charge in [-0.3, -0.25) is 4.99 Å². The number of hydrogen-bond acceptors (Lipinski definition) is 2. The molecule has 2 heteroatoms. The van der Waals surface area contributed by atoms with Gasteiger partial charge in [0, 0.05) is 6.54 Å². The Kier molecular flexibility index (Phi) is 5.01. The molecule has 1 aromatic carbocycles. The van der Waals surface area contributed by atoms with Crippen LogP contribution in [-0.4, -0.2) is 12.3 Å². The SMILES string of the molecule is C/C=C(\C)C(C#N)=NCCc1ccccc1. The van der Waals surface area contributed by atoms with Crippen molar-refractivity contribution in [1.29, 1.82) is 5.26 Å². The fraction of sp³-hybridized carbons (Fsp3) is 0.286. The molecule has 16 heavy (non-hydrogen) atoms. The summed E-state index contributed by atoms with van der Waals surface area (Å²) in [5, 5.41) is 8.90. The summed E-state index contributed by atoms with van der Waals surface area (Å²) in [6.07, 6.45) is 2.79. The van der Waals surface area contributed by atoms with E-state index in [0.29, 0.717) is 12.3 Å². The molecule has 0 saturated carbocycles.